The van der Waals surface area contributed by atoms with Crippen molar-refractivity contribution in [3.8, 4) is 5.75 Å². The lowest BCUT2D eigenvalue weighted by Crippen LogP contribution is -2.35. The first kappa shape index (κ1) is 16.2. The first-order valence-corrected chi connectivity index (χ1v) is 9.33. The molecule has 1 N–H and O–H groups in total. The average molecular weight is 339 g/mol. The summed E-state index contributed by atoms with van der Waals surface area (Å²) in [7, 11) is 0. The lowest BCUT2D eigenvalue weighted by atomic mass is 9.90. The molecule has 1 fully saturated rings. The van der Waals surface area contributed by atoms with E-state index in [2.05, 4.69) is 10.2 Å². The van der Waals surface area contributed by atoms with E-state index in [-0.39, 0.29) is 5.91 Å². The summed E-state index contributed by atoms with van der Waals surface area (Å²) in [6.45, 7) is 2.15. The third-order valence-corrected chi connectivity index (χ3v) is 5.40. The molecular formula is C20H25N3O2. The topological polar surface area (TPSA) is 58.2 Å². The van der Waals surface area contributed by atoms with Crippen LogP contribution in [0.1, 0.15) is 53.7 Å². The van der Waals surface area contributed by atoms with E-state index in [0.29, 0.717) is 12.5 Å². The second-order valence-corrected chi connectivity index (χ2v) is 7.19. The van der Waals surface area contributed by atoms with Gasteiger partial charge < -0.3 is 9.64 Å². The van der Waals surface area contributed by atoms with Gasteiger partial charge in [0.05, 0.1) is 12.8 Å². The minimum Gasteiger partial charge on any atom is -0.493 e. The van der Waals surface area contributed by atoms with E-state index in [1.165, 1.54) is 32.1 Å². The predicted molar refractivity (Wildman–Crippen MR) is 95.5 cm³/mol. The highest BCUT2D eigenvalue weighted by atomic mass is 16.5. The monoisotopic (exact) mass is 339 g/mol. The number of ether oxygens (including phenoxy) is 1. The lowest BCUT2D eigenvalue weighted by molar-refractivity contribution is 0.0734. The molecule has 132 valence electrons. The van der Waals surface area contributed by atoms with Gasteiger partial charge in [0.2, 0.25) is 0 Å². The smallest absolute Gasteiger partial charge is 0.254 e. The number of aromatic nitrogens is 2. The molecule has 0 spiro atoms. The molecule has 2 heterocycles. The summed E-state index contributed by atoms with van der Waals surface area (Å²) < 4.78 is 5.92. The summed E-state index contributed by atoms with van der Waals surface area (Å²) in [6, 6.07) is 7.60. The highest BCUT2D eigenvalue weighted by Crippen LogP contribution is 2.25. The molecule has 1 amide bonds. The number of carbonyl (C=O) groups excluding carboxylic acids is 1. The standard InChI is InChI=1S/C20H25N3O2/c24-20(23-11-10-19-17(13-23)12-21-22-19)16-6-8-18(9-7-16)25-14-15-4-2-1-3-5-15/h6-9,12,15H,1-5,10-11,13-14H2,(H,21,22). The predicted octanol–water partition coefficient (Wildman–Crippen LogP) is 3.57. The second-order valence-electron chi connectivity index (χ2n) is 7.19. The number of rotatable bonds is 4. The summed E-state index contributed by atoms with van der Waals surface area (Å²) in [5.74, 6) is 1.62. The maximum Gasteiger partial charge on any atom is 0.254 e. The molecule has 1 aliphatic heterocycles. The van der Waals surface area contributed by atoms with Gasteiger partial charge in [-0.3, -0.25) is 9.89 Å². The molecule has 0 radical (unpaired) electrons. The largest absolute Gasteiger partial charge is 0.493 e. The van der Waals surface area contributed by atoms with Gasteiger partial charge in [0, 0.05) is 36.3 Å². The maximum absolute atomic E-state index is 12.7. The zero-order valence-electron chi connectivity index (χ0n) is 14.5. The van der Waals surface area contributed by atoms with Crippen molar-refractivity contribution in [3.05, 3.63) is 47.3 Å². The second kappa shape index (κ2) is 7.30. The van der Waals surface area contributed by atoms with E-state index < -0.39 is 0 Å². The number of H-pyrrole nitrogens is 1. The molecule has 5 heteroatoms. The summed E-state index contributed by atoms with van der Waals surface area (Å²) in [5.41, 5.74) is 2.99. The third-order valence-electron chi connectivity index (χ3n) is 5.40. The molecule has 1 aliphatic carbocycles. The van der Waals surface area contributed by atoms with Crippen LogP contribution in [0.25, 0.3) is 0 Å². The van der Waals surface area contributed by atoms with Crippen molar-refractivity contribution in [3.63, 3.8) is 0 Å². The van der Waals surface area contributed by atoms with Crippen LogP contribution >= 0.6 is 0 Å². The number of aromatic amines is 1. The number of nitrogens with zero attached hydrogens (tertiary/aromatic N) is 2. The molecule has 4 rings (SSSR count). The zero-order valence-corrected chi connectivity index (χ0v) is 14.5. The van der Waals surface area contributed by atoms with Crippen LogP contribution in [-0.2, 0) is 13.0 Å². The Balaban J connectivity index is 1.34. The molecule has 0 saturated heterocycles. The highest BCUT2D eigenvalue weighted by molar-refractivity contribution is 5.94. The van der Waals surface area contributed by atoms with Crippen LogP contribution in [0.3, 0.4) is 0 Å². The van der Waals surface area contributed by atoms with Gasteiger partial charge in [-0.15, -0.1) is 0 Å². The summed E-state index contributed by atoms with van der Waals surface area (Å²) in [6.07, 6.45) is 9.24. The third kappa shape index (κ3) is 3.70. The Bertz CT molecular complexity index is 717. The van der Waals surface area contributed by atoms with Crippen molar-refractivity contribution in [1.82, 2.24) is 15.1 Å². The molecule has 1 aromatic carbocycles. The number of nitrogens with one attached hydrogen (secondary N) is 1. The van der Waals surface area contributed by atoms with E-state index in [1.54, 1.807) is 0 Å². The van der Waals surface area contributed by atoms with Crippen LogP contribution in [0.5, 0.6) is 5.75 Å². The molecule has 25 heavy (non-hydrogen) atoms. The molecule has 1 saturated carbocycles. The van der Waals surface area contributed by atoms with Gasteiger partial charge >= 0.3 is 0 Å². The maximum atomic E-state index is 12.7. The van der Waals surface area contributed by atoms with Crippen molar-refractivity contribution in [1.29, 1.82) is 0 Å². The highest BCUT2D eigenvalue weighted by Gasteiger charge is 2.23. The number of hydrogen-bond acceptors (Lipinski definition) is 3. The van der Waals surface area contributed by atoms with E-state index in [9.17, 15) is 4.79 Å². The Morgan fingerprint density at radius 1 is 1.20 bits per heavy atom. The van der Waals surface area contributed by atoms with Crippen molar-refractivity contribution < 1.29 is 9.53 Å². The Morgan fingerprint density at radius 3 is 2.80 bits per heavy atom. The van der Waals surface area contributed by atoms with E-state index in [1.807, 2.05) is 35.4 Å². The Morgan fingerprint density at radius 2 is 2.00 bits per heavy atom. The number of benzene rings is 1. The van der Waals surface area contributed by atoms with Crippen LogP contribution in [-0.4, -0.2) is 34.2 Å². The van der Waals surface area contributed by atoms with E-state index in [0.717, 1.165) is 42.1 Å². The molecular weight excluding hydrogens is 314 g/mol. The molecule has 2 aromatic rings. The van der Waals surface area contributed by atoms with E-state index in [4.69, 9.17) is 4.74 Å². The first-order valence-electron chi connectivity index (χ1n) is 9.33. The van der Waals surface area contributed by atoms with Crippen LogP contribution in [0.2, 0.25) is 0 Å². The van der Waals surface area contributed by atoms with Crippen LogP contribution in [0.4, 0.5) is 0 Å². The van der Waals surface area contributed by atoms with Gasteiger partial charge in [-0.1, -0.05) is 19.3 Å². The van der Waals surface area contributed by atoms with Crippen LogP contribution in [0, 0.1) is 5.92 Å². The Labute approximate surface area is 148 Å². The van der Waals surface area contributed by atoms with Crippen molar-refractivity contribution in [2.24, 2.45) is 5.92 Å². The summed E-state index contributed by atoms with van der Waals surface area (Å²) >= 11 is 0. The fourth-order valence-corrected chi connectivity index (χ4v) is 3.84. The number of amides is 1. The van der Waals surface area contributed by atoms with Gasteiger partial charge in [-0.25, -0.2) is 0 Å². The minimum atomic E-state index is 0.0747. The lowest BCUT2D eigenvalue weighted by Gasteiger charge is -2.26. The Kier molecular flexibility index (Phi) is 4.72. The van der Waals surface area contributed by atoms with Gasteiger partial charge in [-0.2, -0.15) is 5.10 Å². The SMILES string of the molecule is O=C(c1ccc(OCC2CCCCC2)cc1)N1CCc2[nH]ncc2C1. The van der Waals surface area contributed by atoms with Gasteiger partial charge in [-0.05, 0) is 43.0 Å². The van der Waals surface area contributed by atoms with Crippen LogP contribution < -0.4 is 4.74 Å². The zero-order chi connectivity index (χ0) is 17.1. The quantitative estimate of drug-likeness (QED) is 0.926. The van der Waals surface area contributed by atoms with Crippen molar-refractivity contribution >= 4 is 5.91 Å². The number of fused-ring (bicyclic) bond motifs is 1. The fourth-order valence-electron chi connectivity index (χ4n) is 3.84. The molecule has 0 bridgehead atoms. The average Bonchev–Trinajstić information content (AvgIpc) is 3.15. The normalized spacial score (nSPS) is 18.0. The fraction of sp³-hybridized carbons (Fsp3) is 0.500. The van der Waals surface area contributed by atoms with Crippen molar-refractivity contribution in [2.45, 2.75) is 45.1 Å². The molecule has 1 aromatic heterocycles. The number of carbonyl (C=O) groups is 1. The van der Waals surface area contributed by atoms with Gasteiger partial charge in [0.15, 0.2) is 0 Å². The van der Waals surface area contributed by atoms with Crippen molar-refractivity contribution in [2.75, 3.05) is 13.2 Å². The number of hydrogen-bond donors (Lipinski definition) is 1. The summed E-state index contributed by atoms with van der Waals surface area (Å²) in [4.78, 5) is 14.6. The van der Waals surface area contributed by atoms with E-state index >= 15 is 0 Å². The molecule has 0 unspecified atom stereocenters. The molecule has 5 nitrogen and oxygen atoms in total. The first-order chi connectivity index (χ1) is 12.3. The molecule has 2 aliphatic rings. The van der Waals surface area contributed by atoms with Gasteiger partial charge in [0.1, 0.15) is 5.75 Å². The van der Waals surface area contributed by atoms with Crippen LogP contribution in [0.15, 0.2) is 30.5 Å². The van der Waals surface area contributed by atoms with Gasteiger partial charge in [0.25, 0.3) is 5.91 Å². The summed E-state index contributed by atoms with van der Waals surface area (Å²) in [5, 5.41) is 7.06. The molecule has 0 atom stereocenters. The minimum absolute atomic E-state index is 0.0747. The Hall–Kier alpha value is -2.30.